The van der Waals surface area contributed by atoms with Gasteiger partial charge in [0.25, 0.3) is 5.91 Å². The number of amides is 1. The molecule has 0 aromatic heterocycles. The highest BCUT2D eigenvalue weighted by Gasteiger charge is 2.37. The number of carbonyl (C=O) groups is 1. The quantitative estimate of drug-likeness (QED) is 0.636. The van der Waals surface area contributed by atoms with Crippen molar-refractivity contribution >= 4 is 40.5 Å². The molecule has 3 aromatic rings. The first-order valence-corrected chi connectivity index (χ1v) is 8.59. The van der Waals surface area contributed by atoms with Crippen molar-refractivity contribution in [2.45, 2.75) is 6.17 Å². The van der Waals surface area contributed by atoms with Gasteiger partial charge in [0.15, 0.2) is 0 Å². The lowest BCUT2D eigenvalue weighted by molar-refractivity contribution is 0.0993. The number of halogens is 2. The van der Waals surface area contributed by atoms with Crippen LogP contribution in [0.1, 0.15) is 22.1 Å². The van der Waals surface area contributed by atoms with Crippen molar-refractivity contribution in [3.8, 4) is 0 Å². The normalized spacial score (nSPS) is 16.0. The zero-order chi connectivity index (χ0) is 17.4. The monoisotopic (exact) mass is 368 g/mol. The van der Waals surface area contributed by atoms with Crippen LogP contribution in [0.3, 0.4) is 0 Å². The van der Waals surface area contributed by atoms with Gasteiger partial charge >= 0.3 is 0 Å². The summed E-state index contributed by atoms with van der Waals surface area (Å²) < 4.78 is 0. The first-order chi connectivity index (χ1) is 12.1. The number of carbonyl (C=O) groups excluding carboxylic acids is 1. The fourth-order valence-electron chi connectivity index (χ4n) is 3.03. The Labute approximate surface area is 155 Å². The second kappa shape index (κ2) is 6.43. The molecule has 0 radical (unpaired) electrons. The van der Waals surface area contributed by atoms with E-state index in [4.69, 9.17) is 23.2 Å². The van der Waals surface area contributed by atoms with Gasteiger partial charge in [0.2, 0.25) is 0 Å². The molecule has 1 atom stereocenters. The van der Waals surface area contributed by atoms with Gasteiger partial charge in [-0.3, -0.25) is 9.69 Å². The Kier molecular flexibility index (Phi) is 4.12. The van der Waals surface area contributed by atoms with Gasteiger partial charge in [0.1, 0.15) is 6.17 Å². The number of anilines is 2. The van der Waals surface area contributed by atoms with Crippen LogP contribution in [0.5, 0.6) is 0 Å². The number of nitrogens with one attached hydrogen (secondary N) is 1. The van der Waals surface area contributed by atoms with Crippen molar-refractivity contribution in [2.75, 3.05) is 10.2 Å². The van der Waals surface area contributed by atoms with E-state index < -0.39 is 0 Å². The highest BCUT2D eigenvalue weighted by atomic mass is 35.5. The van der Waals surface area contributed by atoms with E-state index >= 15 is 0 Å². The van der Waals surface area contributed by atoms with Crippen LogP contribution < -0.4 is 10.2 Å². The summed E-state index contributed by atoms with van der Waals surface area (Å²) in [5.74, 6) is -0.0376. The van der Waals surface area contributed by atoms with Crippen LogP contribution in [-0.2, 0) is 0 Å². The number of hydrogen-bond donors (Lipinski definition) is 1. The predicted octanol–water partition coefficient (Wildman–Crippen LogP) is 5.76. The molecule has 0 aliphatic carbocycles. The van der Waals surface area contributed by atoms with Crippen LogP contribution in [0, 0.1) is 0 Å². The lowest BCUT2D eigenvalue weighted by atomic mass is 10.1. The SMILES string of the molecule is O=C1c2ccccc2[C@@H](Nc2ccc(Cl)cc2)N1c1ccc(Cl)cc1. The van der Waals surface area contributed by atoms with E-state index in [9.17, 15) is 4.79 Å². The summed E-state index contributed by atoms with van der Waals surface area (Å²) in [6, 6.07) is 22.3. The molecule has 124 valence electrons. The second-order valence-corrected chi connectivity index (χ2v) is 6.67. The number of nitrogens with zero attached hydrogens (tertiary/aromatic N) is 1. The van der Waals surface area contributed by atoms with Crippen molar-refractivity contribution in [1.82, 2.24) is 0 Å². The molecule has 3 aromatic carbocycles. The Hall–Kier alpha value is -2.49. The molecule has 0 saturated carbocycles. The van der Waals surface area contributed by atoms with Crippen LogP contribution in [0.2, 0.25) is 10.0 Å². The Morgan fingerprint density at radius 3 is 2.08 bits per heavy atom. The molecule has 25 heavy (non-hydrogen) atoms. The van der Waals surface area contributed by atoms with Crippen LogP contribution in [0.4, 0.5) is 11.4 Å². The standard InChI is InChI=1S/C20H14Cl2N2O/c21-13-5-9-15(10-6-13)23-19-17-3-1-2-4-18(17)20(25)24(19)16-11-7-14(22)8-12-16/h1-12,19,23H/t19-/m0/s1. The predicted molar refractivity (Wildman–Crippen MR) is 103 cm³/mol. The first kappa shape index (κ1) is 16.0. The average molecular weight is 369 g/mol. The van der Waals surface area contributed by atoms with E-state index in [1.807, 2.05) is 60.7 Å². The third-order valence-electron chi connectivity index (χ3n) is 4.22. The van der Waals surface area contributed by atoms with Gasteiger partial charge in [-0.25, -0.2) is 0 Å². The number of rotatable bonds is 3. The maximum absolute atomic E-state index is 13.0. The van der Waals surface area contributed by atoms with Crippen molar-refractivity contribution < 1.29 is 4.79 Å². The van der Waals surface area contributed by atoms with Crippen LogP contribution in [-0.4, -0.2) is 5.91 Å². The van der Waals surface area contributed by atoms with Gasteiger partial charge in [0.05, 0.1) is 0 Å². The molecule has 0 spiro atoms. The van der Waals surface area contributed by atoms with Crippen LogP contribution in [0.15, 0.2) is 72.8 Å². The van der Waals surface area contributed by atoms with Gasteiger partial charge < -0.3 is 5.32 Å². The van der Waals surface area contributed by atoms with E-state index in [1.165, 1.54) is 0 Å². The smallest absolute Gasteiger partial charge is 0.260 e. The average Bonchev–Trinajstić information content (AvgIpc) is 2.90. The fraction of sp³-hybridized carbons (Fsp3) is 0.0500. The molecule has 1 heterocycles. The molecule has 0 bridgehead atoms. The summed E-state index contributed by atoms with van der Waals surface area (Å²) in [7, 11) is 0. The van der Waals surface area contributed by atoms with E-state index in [0.717, 1.165) is 16.9 Å². The Bertz CT molecular complexity index is 923. The topological polar surface area (TPSA) is 32.3 Å². The molecular formula is C20H14Cl2N2O. The third kappa shape index (κ3) is 2.97. The molecule has 1 amide bonds. The highest BCUT2D eigenvalue weighted by molar-refractivity contribution is 6.31. The molecule has 5 heteroatoms. The highest BCUT2D eigenvalue weighted by Crippen LogP contribution is 2.38. The molecule has 0 saturated heterocycles. The minimum atomic E-state index is -0.300. The number of fused-ring (bicyclic) bond motifs is 1. The van der Waals surface area contributed by atoms with E-state index in [2.05, 4.69) is 5.32 Å². The number of benzene rings is 3. The maximum atomic E-state index is 13.0. The molecule has 4 rings (SSSR count). The van der Waals surface area contributed by atoms with Gasteiger partial charge in [-0.05, 0) is 54.6 Å². The summed E-state index contributed by atoms with van der Waals surface area (Å²) in [6.07, 6.45) is -0.300. The summed E-state index contributed by atoms with van der Waals surface area (Å²) >= 11 is 12.0. The van der Waals surface area contributed by atoms with Crippen LogP contribution >= 0.6 is 23.2 Å². The summed E-state index contributed by atoms with van der Waals surface area (Å²) in [5, 5.41) is 4.74. The minimum absolute atomic E-state index is 0.0376. The van der Waals surface area contributed by atoms with Gasteiger partial charge in [-0.15, -0.1) is 0 Å². The second-order valence-electron chi connectivity index (χ2n) is 5.79. The third-order valence-corrected chi connectivity index (χ3v) is 4.72. The number of hydrogen-bond acceptors (Lipinski definition) is 2. The first-order valence-electron chi connectivity index (χ1n) is 7.83. The molecule has 0 unspecified atom stereocenters. The Morgan fingerprint density at radius 1 is 0.800 bits per heavy atom. The molecular weight excluding hydrogens is 355 g/mol. The fourth-order valence-corrected chi connectivity index (χ4v) is 3.28. The summed E-state index contributed by atoms with van der Waals surface area (Å²) in [5.41, 5.74) is 3.32. The molecule has 1 aliphatic heterocycles. The van der Waals surface area contributed by atoms with E-state index in [0.29, 0.717) is 15.6 Å². The minimum Gasteiger partial charge on any atom is -0.361 e. The van der Waals surface area contributed by atoms with Crippen molar-refractivity contribution in [2.24, 2.45) is 0 Å². The summed E-state index contributed by atoms with van der Waals surface area (Å²) in [4.78, 5) is 14.7. The molecule has 3 nitrogen and oxygen atoms in total. The van der Waals surface area contributed by atoms with E-state index in [1.54, 1.807) is 17.0 Å². The maximum Gasteiger partial charge on any atom is 0.260 e. The molecule has 1 N–H and O–H groups in total. The van der Waals surface area contributed by atoms with Gasteiger partial charge in [0, 0.05) is 32.5 Å². The van der Waals surface area contributed by atoms with E-state index in [-0.39, 0.29) is 12.1 Å². The van der Waals surface area contributed by atoms with Crippen molar-refractivity contribution in [1.29, 1.82) is 0 Å². The molecule has 0 fully saturated rings. The zero-order valence-corrected chi connectivity index (χ0v) is 14.6. The summed E-state index contributed by atoms with van der Waals surface area (Å²) in [6.45, 7) is 0. The largest absolute Gasteiger partial charge is 0.361 e. The van der Waals surface area contributed by atoms with Gasteiger partial charge in [-0.1, -0.05) is 41.4 Å². The lowest BCUT2D eigenvalue weighted by Gasteiger charge is -2.27. The Morgan fingerprint density at radius 2 is 1.40 bits per heavy atom. The zero-order valence-electron chi connectivity index (χ0n) is 13.1. The Balaban J connectivity index is 1.77. The van der Waals surface area contributed by atoms with Crippen molar-refractivity contribution in [3.63, 3.8) is 0 Å². The van der Waals surface area contributed by atoms with Gasteiger partial charge in [-0.2, -0.15) is 0 Å². The molecule has 1 aliphatic rings. The lowest BCUT2D eigenvalue weighted by Crippen LogP contribution is -2.32. The van der Waals surface area contributed by atoms with Crippen molar-refractivity contribution in [3.05, 3.63) is 94.0 Å². The van der Waals surface area contributed by atoms with Crippen LogP contribution in [0.25, 0.3) is 0 Å².